The van der Waals surface area contributed by atoms with Crippen LogP contribution in [0.2, 0.25) is 0 Å². The molecule has 0 bridgehead atoms. The van der Waals surface area contributed by atoms with Crippen LogP contribution in [-0.4, -0.2) is 71.5 Å². The minimum Gasteiger partial charge on any atom is -0.356 e. The number of fused-ring (bicyclic) bond motifs is 1. The lowest BCUT2D eigenvalue weighted by atomic mass is 9.94. The highest BCUT2D eigenvalue weighted by atomic mass is 32.1. The molecule has 0 aliphatic carbocycles. The van der Waals surface area contributed by atoms with Crippen LogP contribution in [0.25, 0.3) is 10.2 Å². The third kappa shape index (κ3) is 3.55. The van der Waals surface area contributed by atoms with Crippen molar-refractivity contribution in [1.82, 2.24) is 19.8 Å². The first-order chi connectivity index (χ1) is 13.1. The molecule has 0 saturated carbocycles. The Bertz CT molecular complexity index is 819. The number of aryl methyl sites for hydroxylation is 2. The van der Waals surface area contributed by atoms with Gasteiger partial charge in [0.1, 0.15) is 17.0 Å². The third-order valence-corrected chi connectivity index (χ3v) is 7.34. The molecule has 146 valence electrons. The molecule has 2 aliphatic rings. The highest BCUT2D eigenvalue weighted by Gasteiger charge is 2.31. The molecule has 2 aromatic heterocycles. The molecule has 2 aromatic rings. The summed E-state index contributed by atoms with van der Waals surface area (Å²) in [4.78, 5) is 31.2. The number of carbonyl (C=O) groups is 1. The normalized spacial score (nSPS) is 19.8. The quantitative estimate of drug-likeness (QED) is 0.810. The molecule has 0 radical (unpaired) electrons. The summed E-state index contributed by atoms with van der Waals surface area (Å²) in [5, 5.41) is 1.19. The van der Waals surface area contributed by atoms with Gasteiger partial charge in [0.25, 0.3) is 0 Å². The van der Waals surface area contributed by atoms with Crippen molar-refractivity contribution in [1.29, 1.82) is 0 Å². The van der Waals surface area contributed by atoms with Crippen LogP contribution in [0.4, 0.5) is 5.82 Å². The monoisotopic (exact) mass is 387 g/mol. The summed E-state index contributed by atoms with van der Waals surface area (Å²) >= 11 is 1.74. The van der Waals surface area contributed by atoms with Gasteiger partial charge in [-0.15, -0.1) is 11.3 Å². The zero-order valence-electron chi connectivity index (χ0n) is 16.6. The number of amides is 1. The van der Waals surface area contributed by atoms with Crippen molar-refractivity contribution in [2.24, 2.45) is 5.92 Å². The number of nitrogens with zero attached hydrogens (tertiary/aromatic N) is 5. The SMILES string of the molecule is CCN1CCN(C(=O)C2CCN(c3ncnc4sc(C)c(C)c34)CC2)CC1. The number of thiophene rings is 1. The van der Waals surface area contributed by atoms with E-state index in [-0.39, 0.29) is 5.92 Å². The van der Waals surface area contributed by atoms with Crippen molar-refractivity contribution in [3.8, 4) is 0 Å². The lowest BCUT2D eigenvalue weighted by Gasteiger charge is -2.38. The molecular weight excluding hydrogens is 358 g/mol. The average Bonchev–Trinajstić information content (AvgIpc) is 3.01. The molecule has 0 atom stereocenters. The predicted octanol–water partition coefficient (Wildman–Crippen LogP) is 2.69. The van der Waals surface area contributed by atoms with E-state index in [0.717, 1.165) is 69.3 Å². The molecule has 0 N–H and O–H groups in total. The fourth-order valence-corrected chi connectivity index (χ4v) is 5.28. The molecule has 1 amide bonds. The fourth-order valence-electron chi connectivity index (χ4n) is 4.28. The molecule has 4 heterocycles. The van der Waals surface area contributed by atoms with E-state index in [9.17, 15) is 4.79 Å². The second kappa shape index (κ2) is 7.72. The number of aromatic nitrogens is 2. The Morgan fingerprint density at radius 3 is 2.48 bits per heavy atom. The van der Waals surface area contributed by atoms with Crippen molar-refractivity contribution in [3.05, 3.63) is 16.8 Å². The summed E-state index contributed by atoms with van der Waals surface area (Å²) < 4.78 is 0. The maximum atomic E-state index is 12.9. The number of carbonyl (C=O) groups excluding carboxylic acids is 1. The van der Waals surface area contributed by atoms with Crippen LogP contribution < -0.4 is 4.90 Å². The molecule has 0 unspecified atom stereocenters. The molecule has 0 spiro atoms. The van der Waals surface area contributed by atoms with E-state index in [1.54, 1.807) is 17.7 Å². The van der Waals surface area contributed by atoms with Gasteiger partial charge in [0.05, 0.1) is 5.39 Å². The highest BCUT2D eigenvalue weighted by molar-refractivity contribution is 7.18. The Morgan fingerprint density at radius 1 is 1.11 bits per heavy atom. The Balaban J connectivity index is 1.42. The van der Waals surface area contributed by atoms with Gasteiger partial charge in [0, 0.05) is 50.1 Å². The number of likely N-dealkylation sites (N-methyl/N-ethyl adjacent to an activating group) is 1. The summed E-state index contributed by atoms with van der Waals surface area (Å²) in [5.74, 6) is 1.57. The van der Waals surface area contributed by atoms with Gasteiger partial charge in [0.2, 0.25) is 5.91 Å². The van der Waals surface area contributed by atoms with Gasteiger partial charge in [-0.25, -0.2) is 9.97 Å². The van der Waals surface area contributed by atoms with E-state index >= 15 is 0 Å². The predicted molar refractivity (Wildman–Crippen MR) is 111 cm³/mol. The van der Waals surface area contributed by atoms with Gasteiger partial charge in [-0.1, -0.05) is 6.92 Å². The smallest absolute Gasteiger partial charge is 0.225 e. The second-order valence-electron chi connectivity index (χ2n) is 7.68. The lowest BCUT2D eigenvalue weighted by molar-refractivity contribution is -0.137. The summed E-state index contributed by atoms with van der Waals surface area (Å²) in [6.07, 6.45) is 3.51. The number of anilines is 1. The summed E-state index contributed by atoms with van der Waals surface area (Å²) in [5.41, 5.74) is 1.29. The maximum Gasteiger partial charge on any atom is 0.225 e. The van der Waals surface area contributed by atoms with Crippen molar-refractivity contribution in [3.63, 3.8) is 0 Å². The molecule has 6 nitrogen and oxygen atoms in total. The van der Waals surface area contributed by atoms with Gasteiger partial charge < -0.3 is 14.7 Å². The van der Waals surface area contributed by atoms with Gasteiger partial charge in [-0.05, 0) is 38.8 Å². The van der Waals surface area contributed by atoms with E-state index in [2.05, 4.69) is 45.4 Å². The van der Waals surface area contributed by atoms with Crippen LogP contribution in [0.1, 0.15) is 30.2 Å². The van der Waals surface area contributed by atoms with Crippen LogP contribution in [-0.2, 0) is 4.79 Å². The Kier molecular flexibility index (Phi) is 5.32. The molecule has 4 rings (SSSR count). The number of piperazine rings is 1. The van der Waals surface area contributed by atoms with Crippen molar-refractivity contribution in [2.45, 2.75) is 33.6 Å². The van der Waals surface area contributed by atoms with Crippen LogP contribution in [0.15, 0.2) is 6.33 Å². The van der Waals surface area contributed by atoms with E-state index < -0.39 is 0 Å². The molecule has 27 heavy (non-hydrogen) atoms. The summed E-state index contributed by atoms with van der Waals surface area (Å²) in [6.45, 7) is 13.1. The van der Waals surface area contributed by atoms with Gasteiger partial charge in [0.15, 0.2) is 0 Å². The first-order valence-corrected chi connectivity index (χ1v) is 10.9. The zero-order valence-corrected chi connectivity index (χ0v) is 17.4. The second-order valence-corrected chi connectivity index (χ2v) is 8.88. The largest absolute Gasteiger partial charge is 0.356 e. The topological polar surface area (TPSA) is 52.6 Å². The first kappa shape index (κ1) is 18.6. The van der Waals surface area contributed by atoms with Gasteiger partial charge in [-0.2, -0.15) is 0 Å². The van der Waals surface area contributed by atoms with Crippen LogP contribution in [0.5, 0.6) is 0 Å². The van der Waals surface area contributed by atoms with Crippen LogP contribution in [0.3, 0.4) is 0 Å². The molecule has 0 aromatic carbocycles. The van der Waals surface area contributed by atoms with Crippen LogP contribution >= 0.6 is 11.3 Å². The summed E-state index contributed by atoms with van der Waals surface area (Å²) in [6, 6.07) is 0. The number of hydrogen-bond acceptors (Lipinski definition) is 6. The van der Waals surface area contributed by atoms with Crippen molar-refractivity contribution < 1.29 is 4.79 Å². The molecular formula is C20H29N5OS. The van der Waals surface area contributed by atoms with Gasteiger partial charge >= 0.3 is 0 Å². The zero-order chi connectivity index (χ0) is 19.0. The van der Waals surface area contributed by atoms with Crippen LogP contribution in [0, 0.1) is 19.8 Å². The van der Waals surface area contributed by atoms with E-state index in [1.807, 2.05) is 0 Å². The first-order valence-electron chi connectivity index (χ1n) is 10.0. The molecule has 2 aliphatic heterocycles. The Hall–Kier alpha value is -1.73. The minimum absolute atomic E-state index is 0.164. The van der Waals surface area contributed by atoms with Crippen molar-refractivity contribution in [2.75, 3.05) is 50.7 Å². The Morgan fingerprint density at radius 2 is 1.81 bits per heavy atom. The van der Waals surface area contributed by atoms with E-state index in [0.29, 0.717) is 5.91 Å². The standard InChI is InChI=1S/C20H29N5OS/c1-4-23-9-11-25(12-10-23)20(26)16-5-7-24(8-6-16)18-17-14(2)15(3)27-19(17)22-13-21-18/h13,16H,4-12H2,1-3H3. The Labute approximate surface area is 165 Å². The number of piperidine rings is 1. The highest BCUT2D eigenvalue weighted by Crippen LogP contribution is 2.35. The number of hydrogen-bond donors (Lipinski definition) is 0. The minimum atomic E-state index is 0.164. The average molecular weight is 388 g/mol. The van der Waals surface area contributed by atoms with E-state index in [4.69, 9.17) is 0 Å². The molecule has 7 heteroatoms. The lowest BCUT2D eigenvalue weighted by Crippen LogP contribution is -2.51. The molecule has 2 saturated heterocycles. The van der Waals surface area contributed by atoms with Gasteiger partial charge in [-0.3, -0.25) is 4.79 Å². The van der Waals surface area contributed by atoms with E-state index in [1.165, 1.54) is 15.8 Å². The van der Waals surface area contributed by atoms with Crippen molar-refractivity contribution >= 4 is 33.3 Å². The maximum absolute atomic E-state index is 12.9. The molecule has 2 fully saturated rings. The fraction of sp³-hybridized carbons (Fsp3) is 0.650. The number of rotatable bonds is 3. The third-order valence-electron chi connectivity index (χ3n) is 6.22. The summed E-state index contributed by atoms with van der Waals surface area (Å²) in [7, 11) is 0.